The lowest BCUT2D eigenvalue weighted by Gasteiger charge is -2.60. The summed E-state index contributed by atoms with van der Waals surface area (Å²) in [5, 5.41) is 2.37. The second-order valence-corrected chi connectivity index (χ2v) is 10.5. The van der Waals surface area contributed by atoms with Crippen molar-refractivity contribution in [3.05, 3.63) is 29.3 Å². The number of nitrogens with zero attached hydrogens (tertiary/aromatic N) is 1. The van der Waals surface area contributed by atoms with Gasteiger partial charge < -0.3 is 9.47 Å². The molecule has 0 aromatic heterocycles. The van der Waals surface area contributed by atoms with E-state index in [1.165, 1.54) is 44.3 Å². The summed E-state index contributed by atoms with van der Waals surface area (Å²) in [5.74, 6) is 0.794. The summed E-state index contributed by atoms with van der Waals surface area (Å²) in [7, 11) is 1.44. The van der Waals surface area contributed by atoms with Gasteiger partial charge >= 0.3 is 12.0 Å². The van der Waals surface area contributed by atoms with Crippen LogP contribution in [-0.4, -0.2) is 41.9 Å². The number of rotatable bonds is 5. The Morgan fingerprint density at radius 2 is 1.71 bits per heavy atom. The molecule has 0 spiro atoms. The topological polar surface area (TPSA) is 102 Å². The summed E-state index contributed by atoms with van der Waals surface area (Å²) in [5.41, 5.74) is 0.351. The normalized spacial score (nSPS) is 32.1. The first-order chi connectivity index (χ1) is 16.2. The molecule has 34 heavy (non-hydrogen) atoms. The van der Waals surface area contributed by atoms with Gasteiger partial charge in [-0.25, -0.2) is 4.79 Å². The molecule has 4 aliphatic carbocycles. The quantitative estimate of drug-likeness (QED) is 0.307. The number of hydrogen-bond donors (Lipinski definition) is 1. The average Bonchev–Trinajstić information content (AvgIpc) is 2.76. The van der Waals surface area contributed by atoms with Crippen molar-refractivity contribution in [3.8, 4) is 11.5 Å². The van der Waals surface area contributed by atoms with Gasteiger partial charge in [-0.15, -0.1) is 0 Å². The first kappa shape index (κ1) is 22.6. The Morgan fingerprint density at radius 3 is 2.26 bits per heavy atom. The number of urea groups is 1. The molecule has 4 amide bonds. The molecule has 1 aliphatic heterocycles. The third kappa shape index (κ3) is 3.79. The van der Waals surface area contributed by atoms with Gasteiger partial charge in [0, 0.05) is 13.0 Å². The summed E-state index contributed by atoms with van der Waals surface area (Å²) in [6.07, 6.45) is 8.36. The van der Waals surface area contributed by atoms with Crippen molar-refractivity contribution >= 4 is 29.9 Å². The molecule has 1 aromatic carbocycles. The number of ether oxygens (including phenoxy) is 2. The highest BCUT2D eigenvalue weighted by molar-refractivity contribution is 6.31. The largest absolute Gasteiger partial charge is 0.493 e. The number of benzene rings is 1. The lowest BCUT2D eigenvalue weighted by atomic mass is 9.47. The van der Waals surface area contributed by atoms with Gasteiger partial charge in [0.25, 0.3) is 11.8 Å². The molecule has 5 fully saturated rings. The molecule has 4 bridgehead atoms. The summed E-state index contributed by atoms with van der Waals surface area (Å²) < 4.78 is 10.4. The van der Waals surface area contributed by atoms with Crippen LogP contribution < -0.4 is 14.8 Å². The number of carbonyl (C=O) groups excluding carboxylic acids is 4. The van der Waals surface area contributed by atoms with Crippen molar-refractivity contribution in [1.82, 2.24) is 10.2 Å². The van der Waals surface area contributed by atoms with E-state index in [2.05, 4.69) is 5.32 Å². The van der Waals surface area contributed by atoms with Crippen molar-refractivity contribution in [2.75, 3.05) is 7.11 Å². The first-order valence-corrected chi connectivity index (χ1v) is 12.0. The minimum atomic E-state index is -0.716. The van der Waals surface area contributed by atoms with E-state index in [0.717, 1.165) is 19.3 Å². The number of carbonyl (C=O) groups is 4. The van der Waals surface area contributed by atoms with E-state index in [4.69, 9.17) is 9.47 Å². The lowest BCUT2D eigenvalue weighted by Crippen LogP contribution is -2.63. The summed E-state index contributed by atoms with van der Waals surface area (Å²) in [6, 6.07) is 3.81. The molecule has 1 heterocycles. The molecule has 180 valence electrons. The number of imide groups is 2. The van der Waals surface area contributed by atoms with Crippen LogP contribution in [-0.2, 0) is 14.4 Å². The van der Waals surface area contributed by atoms with Crippen LogP contribution in [0.3, 0.4) is 0 Å². The van der Waals surface area contributed by atoms with E-state index < -0.39 is 23.8 Å². The van der Waals surface area contributed by atoms with Gasteiger partial charge in [-0.2, -0.15) is 0 Å². The van der Waals surface area contributed by atoms with Gasteiger partial charge in [-0.3, -0.25) is 24.6 Å². The number of nitrogens with one attached hydrogen (secondary N) is 1. The minimum absolute atomic E-state index is 0.0673. The molecule has 0 radical (unpaired) electrons. The van der Waals surface area contributed by atoms with Crippen LogP contribution in [0.25, 0.3) is 6.08 Å². The van der Waals surface area contributed by atoms with Crippen molar-refractivity contribution in [2.45, 2.75) is 58.4 Å². The molecule has 0 unspecified atom stereocenters. The predicted molar refractivity (Wildman–Crippen MR) is 123 cm³/mol. The van der Waals surface area contributed by atoms with Gasteiger partial charge in [-0.1, -0.05) is 6.07 Å². The number of barbiturate groups is 1. The zero-order valence-electron chi connectivity index (χ0n) is 19.8. The van der Waals surface area contributed by atoms with Crippen molar-refractivity contribution in [1.29, 1.82) is 0 Å². The van der Waals surface area contributed by atoms with Gasteiger partial charge in [-0.05, 0) is 92.4 Å². The smallest absolute Gasteiger partial charge is 0.331 e. The molecule has 4 saturated carbocycles. The number of esters is 1. The Bertz CT molecular complexity index is 1070. The molecule has 5 aliphatic rings. The Hall–Kier alpha value is -3.16. The molecular formula is C26H30N2O6. The molecular weight excluding hydrogens is 436 g/mol. The molecule has 1 atom stereocenters. The third-order valence-corrected chi connectivity index (χ3v) is 8.24. The highest BCUT2D eigenvalue weighted by Gasteiger charge is 2.56. The van der Waals surface area contributed by atoms with E-state index in [9.17, 15) is 19.2 Å². The van der Waals surface area contributed by atoms with Gasteiger partial charge in [0.05, 0.1) is 7.11 Å². The fraction of sp³-hybridized carbons (Fsp3) is 0.538. The van der Waals surface area contributed by atoms with Crippen LogP contribution in [0.5, 0.6) is 11.5 Å². The van der Waals surface area contributed by atoms with Gasteiger partial charge in [0.1, 0.15) is 5.57 Å². The van der Waals surface area contributed by atoms with E-state index in [1.807, 2.05) is 6.92 Å². The highest BCUT2D eigenvalue weighted by atomic mass is 16.6. The molecule has 1 N–H and O–H groups in total. The van der Waals surface area contributed by atoms with E-state index in [1.54, 1.807) is 18.2 Å². The summed E-state index contributed by atoms with van der Waals surface area (Å²) >= 11 is 0. The molecule has 1 saturated heterocycles. The van der Waals surface area contributed by atoms with Gasteiger partial charge in [0.15, 0.2) is 11.5 Å². The Kier molecular flexibility index (Phi) is 5.49. The van der Waals surface area contributed by atoms with Crippen LogP contribution in [0.1, 0.15) is 57.9 Å². The van der Waals surface area contributed by atoms with Crippen molar-refractivity contribution in [3.63, 3.8) is 0 Å². The molecule has 6 rings (SSSR count). The Balaban J connectivity index is 1.44. The van der Waals surface area contributed by atoms with Crippen LogP contribution in [0.15, 0.2) is 23.8 Å². The van der Waals surface area contributed by atoms with E-state index in [0.29, 0.717) is 29.1 Å². The van der Waals surface area contributed by atoms with Crippen LogP contribution in [0.4, 0.5) is 4.79 Å². The zero-order valence-corrected chi connectivity index (χ0v) is 19.8. The number of methoxy groups -OCH3 is 1. The average molecular weight is 467 g/mol. The third-order valence-electron chi connectivity index (χ3n) is 8.24. The van der Waals surface area contributed by atoms with Crippen molar-refractivity contribution < 1.29 is 28.7 Å². The summed E-state index contributed by atoms with van der Waals surface area (Å²) in [6.45, 7) is 3.26. The monoisotopic (exact) mass is 466 g/mol. The lowest BCUT2D eigenvalue weighted by molar-refractivity contribution is -0.139. The van der Waals surface area contributed by atoms with Gasteiger partial charge in [0.2, 0.25) is 0 Å². The van der Waals surface area contributed by atoms with Crippen LogP contribution >= 0.6 is 0 Å². The molecule has 1 aromatic rings. The fourth-order valence-electron chi connectivity index (χ4n) is 7.17. The summed E-state index contributed by atoms with van der Waals surface area (Å²) in [4.78, 5) is 51.6. The number of hydrogen-bond acceptors (Lipinski definition) is 6. The van der Waals surface area contributed by atoms with Crippen LogP contribution in [0, 0.1) is 23.2 Å². The van der Waals surface area contributed by atoms with Crippen LogP contribution in [0.2, 0.25) is 0 Å². The van der Waals surface area contributed by atoms with E-state index >= 15 is 0 Å². The maximum atomic E-state index is 13.5. The molecule has 8 heteroatoms. The molecule has 8 nitrogen and oxygen atoms in total. The zero-order chi connectivity index (χ0) is 24.2. The first-order valence-electron chi connectivity index (χ1n) is 12.0. The Morgan fingerprint density at radius 1 is 1.09 bits per heavy atom. The predicted octanol–water partition coefficient (Wildman–Crippen LogP) is 3.69. The van der Waals surface area contributed by atoms with E-state index in [-0.39, 0.29) is 22.8 Å². The number of amides is 4. The highest BCUT2D eigenvalue weighted by Crippen LogP contribution is 2.62. The Labute approximate surface area is 198 Å². The maximum Gasteiger partial charge on any atom is 0.331 e. The maximum absolute atomic E-state index is 13.5. The SMILES string of the molecule is COc1cc(/C=C2\C(=O)NC(=O)N([C@@H](C)C34CC5CC(CC(C5)C3)C4)C2=O)ccc1OC(C)=O. The second kappa shape index (κ2) is 8.25. The fourth-order valence-corrected chi connectivity index (χ4v) is 7.17. The standard InChI is InChI=1S/C26H30N2O6/c1-14(26-11-17-6-18(12-26)8-19(7-17)13-26)28-24(31)20(23(30)27-25(28)32)9-16-4-5-21(34-15(2)29)22(10-16)33-3/h4-5,9-10,14,17-19H,6-8,11-13H2,1-3H3,(H,27,30,32)/b20-9+/t14-,17?,18?,19?,26?/m0/s1. The second-order valence-electron chi connectivity index (χ2n) is 10.5. The minimum Gasteiger partial charge on any atom is -0.493 e. The van der Waals surface area contributed by atoms with Crippen molar-refractivity contribution in [2.24, 2.45) is 23.2 Å².